The molecule has 0 saturated carbocycles. The first-order valence-corrected chi connectivity index (χ1v) is 5.22. The molecular formula is C12H15N2ORh-. The molecule has 0 spiro atoms. The number of amides is 1. The van der Waals surface area contributed by atoms with Crippen LogP contribution < -0.4 is 11.1 Å². The summed E-state index contributed by atoms with van der Waals surface area (Å²) in [4.78, 5) is 11.4. The fourth-order valence-corrected chi connectivity index (χ4v) is 2.10. The first-order valence-electron chi connectivity index (χ1n) is 5.22. The molecule has 1 aromatic rings. The summed E-state index contributed by atoms with van der Waals surface area (Å²) < 4.78 is 0. The van der Waals surface area contributed by atoms with Crippen LogP contribution in [0, 0.1) is 11.8 Å². The Balaban J connectivity index is 0.00000128. The van der Waals surface area contributed by atoms with E-state index in [0.29, 0.717) is 0 Å². The number of benzene rings is 1. The fourth-order valence-electron chi connectivity index (χ4n) is 2.10. The van der Waals surface area contributed by atoms with Gasteiger partial charge in [0.1, 0.15) is 0 Å². The van der Waals surface area contributed by atoms with Gasteiger partial charge in [0.05, 0.1) is 0 Å². The summed E-state index contributed by atoms with van der Waals surface area (Å²) in [5, 5.41) is 3.25. The third-order valence-electron chi connectivity index (χ3n) is 2.82. The number of rotatable bonds is 3. The third-order valence-corrected chi connectivity index (χ3v) is 2.82. The minimum atomic E-state index is -0.296. The average Bonchev–Trinajstić information content (AvgIpc) is 2.72. The van der Waals surface area contributed by atoms with Gasteiger partial charge in [-0.2, -0.15) is 17.7 Å². The molecule has 1 aliphatic heterocycles. The average molecular weight is 306 g/mol. The molecule has 1 aromatic carbocycles. The zero-order valence-corrected chi connectivity index (χ0v) is 10.5. The standard InChI is InChI=1S/C12H15N2O.Rh/c13-12(15)11(10-6-7-14-8-10)9-4-2-1-3-5-9;/h1-5,10,14H,6-8H2,(H2,13,15);/q-1;. The molecule has 1 radical (unpaired) electrons. The van der Waals surface area contributed by atoms with Gasteiger partial charge in [0.2, 0.25) is 0 Å². The maximum absolute atomic E-state index is 11.4. The Bertz CT molecular complexity index is 336. The molecule has 3 nitrogen and oxygen atoms in total. The van der Waals surface area contributed by atoms with Crippen molar-refractivity contribution in [1.29, 1.82) is 0 Å². The van der Waals surface area contributed by atoms with Gasteiger partial charge in [-0.05, 0) is 25.4 Å². The zero-order valence-electron chi connectivity index (χ0n) is 8.90. The van der Waals surface area contributed by atoms with E-state index < -0.39 is 0 Å². The Labute approximate surface area is 109 Å². The number of nitrogens with two attached hydrogens (primary N) is 1. The molecule has 89 valence electrons. The number of carbonyl (C=O) groups excluding carboxylic acids is 1. The predicted octanol–water partition coefficient (Wildman–Crippen LogP) is 0.701. The maximum Gasteiger partial charge on any atom is 0.189 e. The van der Waals surface area contributed by atoms with Crippen molar-refractivity contribution >= 4 is 5.91 Å². The molecule has 1 fully saturated rings. The Kier molecular flexibility index (Phi) is 4.97. The minimum absolute atomic E-state index is 0. The van der Waals surface area contributed by atoms with Crippen LogP contribution in [0.2, 0.25) is 0 Å². The summed E-state index contributed by atoms with van der Waals surface area (Å²) >= 11 is 0. The van der Waals surface area contributed by atoms with Gasteiger partial charge in [0.25, 0.3) is 0 Å². The Morgan fingerprint density at radius 2 is 2.06 bits per heavy atom. The van der Waals surface area contributed by atoms with Gasteiger partial charge in [-0.1, -0.05) is 12.0 Å². The molecule has 0 aliphatic carbocycles. The summed E-state index contributed by atoms with van der Waals surface area (Å²) in [6, 6.07) is 9.69. The van der Waals surface area contributed by atoms with E-state index in [4.69, 9.17) is 5.73 Å². The summed E-state index contributed by atoms with van der Waals surface area (Å²) in [5.41, 5.74) is 6.40. The van der Waals surface area contributed by atoms with Crippen molar-refractivity contribution in [3.05, 3.63) is 41.8 Å². The predicted molar refractivity (Wildman–Crippen MR) is 59.0 cm³/mol. The van der Waals surface area contributed by atoms with Crippen LogP contribution in [-0.4, -0.2) is 19.0 Å². The second-order valence-electron chi connectivity index (χ2n) is 3.83. The van der Waals surface area contributed by atoms with Crippen LogP contribution in [0.5, 0.6) is 0 Å². The van der Waals surface area contributed by atoms with Gasteiger partial charge >= 0.3 is 0 Å². The maximum atomic E-state index is 11.4. The van der Waals surface area contributed by atoms with E-state index in [1.165, 1.54) is 0 Å². The van der Waals surface area contributed by atoms with Crippen LogP contribution in [-0.2, 0) is 24.3 Å². The molecular weight excluding hydrogens is 291 g/mol. The molecule has 0 bridgehead atoms. The molecule has 1 atom stereocenters. The van der Waals surface area contributed by atoms with Gasteiger partial charge in [-0.25, -0.2) is 0 Å². The van der Waals surface area contributed by atoms with Gasteiger partial charge in [0.15, 0.2) is 5.91 Å². The number of hydrogen-bond acceptors (Lipinski definition) is 2. The topological polar surface area (TPSA) is 55.1 Å². The van der Waals surface area contributed by atoms with Gasteiger partial charge in [-0.15, -0.1) is 12.1 Å². The summed E-state index contributed by atoms with van der Waals surface area (Å²) in [6.07, 6.45) is 0.993. The van der Waals surface area contributed by atoms with E-state index in [1.807, 2.05) is 30.3 Å². The van der Waals surface area contributed by atoms with Crippen LogP contribution in [0.1, 0.15) is 12.0 Å². The molecule has 2 rings (SSSR count). The second-order valence-corrected chi connectivity index (χ2v) is 3.83. The monoisotopic (exact) mass is 306 g/mol. The largest absolute Gasteiger partial charge is 0.376 e. The third kappa shape index (κ3) is 2.84. The molecule has 1 saturated heterocycles. The number of primary amides is 1. The van der Waals surface area contributed by atoms with Crippen molar-refractivity contribution in [2.75, 3.05) is 13.1 Å². The van der Waals surface area contributed by atoms with E-state index in [0.717, 1.165) is 31.0 Å². The summed E-state index contributed by atoms with van der Waals surface area (Å²) in [5.74, 6) is 0.736. The van der Waals surface area contributed by atoms with Crippen molar-refractivity contribution in [3.8, 4) is 0 Å². The van der Waals surface area contributed by atoms with Crippen molar-refractivity contribution in [2.45, 2.75) is 6.42 Å². The molecule has 16 heavy (non-hydrogen) atoms. The molecule has 4 heteroatoms. The summed E-state index contributed by atoms with van der Waals surface area (Å²) in [6.45, 7) is 1.82. The molecule has 1 amide bonds. The first kappa shape index (κ1) is 13.2. The molecule has 1 aliphatic rings. The van der Waals surface area contributed by atoms with Gasteiger partial charge in [-0.3, -0.25) is 4.79 Å². The van der Waals surface area contributed by atoms with Crippen molar-refractivity contribution in [2.24, 2.45) is 11.7 Å². The normalized spacial score (nSPS) is 18.9. The van der Waals surface area contributed by atoms with Crippen LogP contribution in [0.3, 0.4) is 0 Å². The molecule has 3 N–H and O–H groups in total. The van der Waals surface area contributed by atoms with Crippen molar-refractivity contribution in [3.63, 3.8) is 0 Å². The Morgan fingerprint density at radius 1 is 1.38 bits per heavy atom. The number of hydrogen-bond donors (Lipinski definition) is 2. The van der Waals surface area contributed by atoms with E-state index in [2.05, 4.69) is 5.32 Å². The smallest absolute Gasteiger partial charge is 0.189 e. The first-order chi connectivity index (χ1) is 7.29. The number of carbonyl (C=O) groups is 1. The molecule has 1 unspecified atom stereocenters. The van der Waals surface area contributed by atoms with Crippen LogP contribution >= 0.6 is 0 Å². The SMILES string of the molecule is NC(=O)[C-](c1ccccc1)C1CCNC1.[Rh]. The zero-order chi connectivity index (χ0) is 10.7. The van der Waals surface area contributed by atoms with Crippen LogP contribution in [0.25, 0.3) is 0 Å². The fraction of sp³-hybridized carbons (Fsp3) is 0.333. The van der Waals surface area contributed by atoms with Crippen molar-refractivity contribution in [1.82, 2.24) is 5.32 Å². The van der Waals surface area contributed by atoms with E-state index in [-0.39, 0.29) is 31.3 Å². The molecule has 0 aromatic heterocycles. The second kappa shape index (κ2) is 6.02. The quantitative estimate of drug-likeness (QED) is 0.638. The molecule has 1 heterocycles. The van der Waals surface area contributed by atoms with Crippen LogP contribution in [0.15, 0.2) is 30.3 Å². The van der Waals surface area contributed by atoms with Crippen molar-refractivity contribution < 1.29 is 24.3 Å². The minimum Gasteiger partial charge on any atom is -0.376 e. The van der Waals surface area contributed by atoms with Gasteiger partial charge in [0, 0.05) is 19.5 Å². The van der Waals surface area contributed by atoms with Gasteiger partial charge < -0.3 is 11.1 Å². The van der Waals surface area contributed by atoms with Crippen LogP contribution in [0.4, 0.5) is 0 Å². The summed E-state index contributed by atoms with van der Waals surface area (Å²) in [7, 11) is 0. The van der Waals surface area contributed by atoms with E-state index in [9.17, 15) is 4.79 Å². The number of nitrogens with one attached hydrogen (secondary N) is 1. The Hall–Kier alpha value is -0.857. The van der Waals surface area contributed by atoms with E-state index in [1.54, 1.807) is 0 Å². The van der Waals surface area contributed by atoms with E-state index >= 15 is 0 Å². The Morgan fingerprint density at radius 3 is 2.56 bits per heavy atom.